The Hall–Kier alpha value is -1.01. The van der Waals surface area contributed by atoms with E-state index in [-0.39, 0.29) is 5.91 Å². The highest BCUT2D eigenvalue weighted by Crippen LogP contribution is 2.13. The summed E-state index contributed by atoms with van der Waals surface area (Å²) in [7, 11) is 0. The first-order chi connectivity index (χ1) is 6.72. The maximum atomic E-state index is 11.3. The summed E-state index contributed by atoms with van der Waals surface area (Å²) in [6.45, 7) is 2.48. The van der Waals surface area contributed by atoms with Crippen LogP contribution in [0.1, 0.15) is 24.3 Å². The number of nitrogens with one attached hydrogen (secondary N) is 1. The van der Waals surface area contributed by atoms with E-state index in [1.165, 1.54) is 11.3 Å². The number of nitrogens with zero attached hydrogens (tertiary/aromatic N) is 2. The summed E-state index contributed by atoms with van der Waals surface area (Å²) in [6, 6.07) is 0. The first-order valence-electron chi connectivity index (χ1n) is 4.52. The molecule has 0 bridgehead atoms. The fourth-order valence-corrected chi connectivity index (χ4v) is 1.57. The third-order valence-corrected chi connectivity index (χ3v) is 2.38. The Kier molecular flexibility index (Phi) is 4.48. The first-order valence-corrected chi connectivity index (χ1v) is 5.34. The van der Waals surface area contributed by atoms with Crippen molar-refractivity contribution >= 4 is 22.4 Å². The van der Waals surface area contributed by atoms with Gasteiger partial charge in [0, 0.05) is 6.42 Å². The van der Waals surface area contributed by atoms with E-state index in [9.17, 15) is 4.79 Å². The third kappa shape index (κ3) is 3.80. The number of hydrogen-bond acceptors (Lipinski definition) is 5. The molecule has 1 aromatic heterocycles. The van der Waals surface area contributed by atoms with Crippen LogP contribution in [-0.4, -0.2) is 22.6 Å². The van der Waals surface area contributed by atoms with Crippen molar-refractivity contribution < 1.29 is 4.79 Å². The lowest BCUT2D eigenvalue weighted by Gasteiger charge is -1.99. The number of unbranched alkanes of at least 4 members (excludes halogenated alkanes) is 1. The van der Waals surface area contributed by atoms with Gasteiger partial charge in [0.25, 0.3) is 0 Å². The molecule has 0 atom stereocenters. The monoisotopic (exact) mass is 214 g/mol. The number of aromatic nitrogens is 2. The number of nitrogens with two attached hydrogens (primary N) is 1. The number of amides is 1. The van der Waals surface area contributed by atoms with Crippen molar-refractivity contribution in [1.82, 2.24) is 10.2 Å². The molecular formula is C8H14N4OS. The lowest BCUT2D eigenvalue weighted by molar-refractivity contribution is -0.116. The van der Waals surface area contributed by atoms with E-state index in [0.29, 0.717) is 18.1 Å². The lowest BCUT2D eigenvalue weighted by atomic mass is 10.2. The average Bonchev–Trinajstić information content (AvgIpc) is 2.52. The molecule has 1 amide bonds. The highest BCUT2D eigenvalue weighted by Gasteiger charge is 2.05. The molecule has 0 spiro atoms. The SMILES string of the molecule is Cc1nnc(NC(=O)CCCCN)s1. The van der Waals surface area contributed by atoms with Gasteiger partial charge in [-0.05, 0) is 26.3 Å². The Bertz CT molecular complexity index is 299. The van der Waals surface area contributed by atoms with Gasteiger partial charge in [-0.3, -0.25) is 4.79 Å². The highest BCUT2D eigenvalue weighted by atomic mass is 32.1. The van der Waals surface area contributed by atoms with Crippen molar-refractivity contribution in [1.29, 1.82) is 0 Å². The van der Waals surface area contributed by atoms with Crippen LogP contribution in [-0.2, 0) is 4.79 Å². The minimum Gasteiger partial charge on any atom is -0.330 e. The van der Waals surface area contributed by atoms with Gasteiger partial charge in [0.1, 0.15) is 5.01 Å². The molecule has 0 unspecified atom stereocenters. The standard InChI is InChI=1S/C8H14N4OS/c1-6-11-12-8(14-6)10-7(13)4-2-3-5-9/h2-5,9H2,1H3,(H,10,12,13). The Morgan fingerprint density at radius 3 is 2.86 bits per heavy atom. The average molecular weight is 214 g/mol. The van der Waals surface area contributed by atoms with Gasteiger partial charge in [0.2, 0.25) is 11.0 Å². The van der Waals surface area contributed by atoms with Gasteiger partial charge in [-0.2, -0.15) is 0 Å². The van der Waals surface area contributed by atoms with Gasteiger partial charge in [-0.1, -0.05) is 11.3 Å². The van der Waals surface area contributed by atoms with E-state index >= 15 is 0 Å². The Labute approximate surface area is 86.7 Å². The maximum absolute atomic E-state index is 11.3. The van der Waals surface area contributed by atoms with Gasteiger partial charge < -0.3 is 11.1 Å². The lowest BCUT2D eigenvalue weighted by Crippen LogP contribution is -2.11. The number of rotatable bonds is 5. The highest BCUT2D eigenvalue weighted by molar-refractivity contribution is 7.15. The molecule has 1 aromatic rings. The number of carbonyl (C=O) groups excluding carboxylic acids is 1. The van der Waals surface area contributed by atoms with E-state index in [4.69, 9.17) is 5.73 Å². The zero-order valence-electron chi connectivity index (χ0n) is 8.12. The van der Waals surface area contributed by atoms with Crippen LogP contribution in [0.3, 0.4) is 0 Å². The number of aryl methyl sites for hydroxylation is 1. The van der Waals surface area contributed by atoms with Crippen molar-refractivity contribution in [3.63, 3.8) is 0 Å². The second-order valence-electron chi connectivity index (χ2n) is 2.92. The Balaban J connectivity index is 2.27. The maximum Gasteiger partial charge on any atom is 0.226 e. The summed E-state index contributed by atoms with van der Waals surface area (Å²) in [5, 5.41) is 11.7. The molecule has 0 aliphatic heterocycles. The van der Waals surface area contributed by atoms with Gasteiger partial charge in [-0.25, -0.2) is 0 Å². The molecule has 0 radical (unpaired) electrons. The smallest absolute Gasteiger partial charge is 0.226 e. The van der Waals surface area contributed by atoms with E-state index in [1.807, 2.05) is 6.92 Å². The van der Waals surface area contributed by atoms with Crippen LogP contribution in [0.5, 0.6) is 0 Å². The van der Waals surface area contributed by atoms with Crippen LogP contribution >= 0.6 is 11.3 Å². The second-order valence-corrected chi connectivity index (χ2v) is 4.10. The molecule has 1 rings (SSSR count). The van der Waals surface area contributed by atoms with E-state index in [1.54, 1.807) is 0 Å². The fraction of sp³-hybridized carbons (Fsp3) is 0.625. The summed E-state index contributed by atoms with van der Waals surface area (Å²) in [4.78, 5) is 11.3. The quantitative estimate of drug-likeness (QED) is 0.714. The van der Waals surface area contributed by atoms with Gasteiger partial charge in [0.15, 0.2) is 0 Å². The largest absolute Gasteiger partial charge is 0.330 e. The molecule has 5 nitrogen and oxygen atoms in total. The van der Waals surface area contributed by atoms with E-state index < -0.39 is 0 Å². The third-order valence-electron chi connectivity index (χ3n) is 1.63. The zero-order chi connectivity index (χ0) is 10.4. The number of carbonyl (C=O) groups is 1. The summed E-state index contributed by atoms with van der Waals surface area (Å²) < 4.78 is 0. The van der Waals surface area contributed by atoms with Crippen molar-refractivity contribution in [2.24, 2.45) is 5.73 Å². The normalized spacial score (nSPS) is 10.1. The molecule has 3 N–H and O–H groups in total. The summed E-state index contributed by atoms with van der Waals surface area (Å²) in [6.07, 6.45) is 2.19. The minimum atomic E-state index is -0.0189. The predicted molar refractivity (Wildman–Crippen MR) is 56.2 cm³/mol. The van der Waals surface area contributed by atoms with Gasteiger partial charge in [0.05, 0.1) is 0 Å². The van der Waals surface area contributed by atoms with E-state index in [2.05, 4.69) is 15.5 Å². The topological polar surface area (TPSA) is 80.9 Å². The molecule has 0 aliphatic rings. The van der Waals surface area contributed by atoms with Crippen LogP contribution in [0.15, 0.2) is 0 Å². The van der Waals surface area contributed by atoms with Crippen LogP contribution in [0.2, 0.25) is 0 Å². The van der Waals surface area contributed by atoms with Gasteiger partial charge >= 0.3 is 0 Å². The van der Waals surface area contributed by atoms with Crippen molar-refractivity contribution in [3.8, 4) is 0 Å². The molecular weight excluding hydrogens is 200 g/mol. The number of hydrogen-bond donors (Lipinski definition) is 2. The van der Waals surface area contributed by atoms with Crippen LogP contribution in [0.25, 0.3) is 0 Å². The van der Waals surface area contributed by atoms with Crippen LogP contribution < -0.4 is 11.1 Å². The van der Waals surface area contributed by atoms with Crippen molar-refractivity contribution in [2.45, 2.75) is 26.2 Å². The second kappa shape index (κ2) is 5.66. The predicted octanol–water partition coefficient (Wildman–Crippen LogP) is 0.914. The van der Waals surface area contributed by atoms with Crippen molar-refractivity contribution in [3.05, 3.63) is 5.01 Å². The van der Waals surface area contributed by atoms with Gasteiger partial charge in [-0.15, -0.1) is 10.2 Å². The molecule has 6 heteroatoms. The van der Waals surface area contributed by atoms with E-state index in [0.717, 1.165) is 17.8 Å². The molecule has 0 saturated heterocycles. The molecule has 1 heterocycles. The fourth-order valence-electron chi connectivity index (χ4n) is 0.959. The Morgan fingerprint density at radius 2 is 2.29 bits per heavy atom. The van der Waals surface area contributed by atoms with Crippen LogP contribution in [0.4, 0.5) is 5.13 Å². The zero-order valence-corrected chi connectivity index (χ0v) is 8.93. The molecule has 78 valence electrons. The minimum absolute atomic E-state index is 0.0189. The molecule has 0 fully saturated rings. The van der Waals surface area contributed by atoms with Crippen molar-refractivity contribution in [2.75, 3.05) is 11.9 Å². The molecule has 0 saturated carbocycles. The summed E-state index contributed by atoms with van der Waals surface area (Å²) in [5.74, 6) is -0.0189. The first kappa shape index (κ1) is 11.1. The summed E-state index contributed by atoms with van der Waals surface area (Å²) in [5.41, 5.74) is 5.32. The Morgan fingerprint density at radius 1 is 1.50 bits per heavy atom. The number of anilines is 1. The molecule has 14 heavy (non-hydrogen) atoms. The molecule has 0 aliphatic carbocycles. The summed E-state index contributed by atoms with van der Waals surface area (Å²) >= 11 is 1.38. The molecule has 0 aromatic carbocycles. The van der Waals surface area contributed by atoms with Crippen LogP contribution in [0, 0.1) is 6.92 Å².